The summed E-state index contributed by atoms with van der Waals surface area (Å²) in [6.07, 6.45) is -4.57. The van der Waals surface area contributed by atoms with Crippen molar-refractivity contribution in [1.82, 2.24) is 14.9 Å². The summed E-state index contributed by atoms with van der Waals surface area (Å²) in [5.74, 6) is -4.14. The molecule has 0 radical (unpaired) electrons. The predicted molar refractivity (Wildman–Crippen MR) is 121 cm³/mol. The Kier molecular flexibility index (Phi) is 6.61. The van der Waals surface area contributed by atoms with Crippen LogP contribution in [0.15, 0.2) is 42.6 Å². The molecule has 1 aromatic carbocycles. The van der Waals surface area contributed by atoms with Gasteiger partial charge in [0.1, 0.15) is 18.3 Å². The summed E-state index contributed by atoms with van der Waals surface area (Å²) < 4.78 is 72.7. The van der Waals surface area contributed by atoms with E-state index in [4.69, 9.17) is 4.74 Å². The molecule has 3 heterocycles. The molecule has 0 spiro atoms. The number of carbonyl (C=O) groups excluding carboxylic acids is 1. The molecule has 34 heavy (non-hydrogen) atoms. The molecule has 1 amide bonds. The minimum absolute atomic E-state index is 0.0781. The SMILES string of the molecule is Cc1nc(C(=O)N2CCC(F)(F)C2COc2ccc(C(F)(F)F)cn2)c(-c2ccc(P)cc2)s1. The van der Waals surface area contributed by atoms with Crippen LogP contribution in [0.4, 0.5) is 22.0 Å². The molecule has 1 aliphatic heterocycles. The fourth-order valence-corrected chi connectivity index (χ4v) is 4.72. The lowest BCUT2D eigenvalue weighted by atomic mass is 10.1. The number of thiazole rings is 1. The highest BCUT2D eigenvalue weighted by Crippen LogP contribution is 2.38. The van der Waals surface area contributed by atoms with Gasteiger partial charge in [0.25, 0.3) is 11.8 Å². The number of amides is 1. The fraction of sp³-hybridized carbons (Fsp3) is 0.318. The van der Waals surface area contributed by atoms with Crippen LogP contribution in [-0.2, 0) is 6.18 Å². The van der Waals surface area contributed by atoms with Crippen molar-refractivity contribution >= 4 is 31.8 Å². The highest BCUT2D eigenvalue weighted by atomic mass is 32.1. The van der Waals surface area contributed by atoms with Crippen molar-refractivity contribution in [1.29, 1.82) is 0 Å². The summed E-state index contributed by atoms with van der Waals surface area (Å²) in [6, 6.07) is 7.43. The van der Waals surface area contributed by atoms with Crippen LogP contribution in [0.2, 0.25) is 0 Å². The van der Waals surface area contributed by atoms with Crippen molar-refractivity contribution in [3.05, 3.63) is 58.9 Å². The van der Waals surface area contributed by atoms with Gasteiger partial charge in [-0.2, -0.15) is 13.2 Å². The molecule has 4 rings (SSSR count). The van der Waals surface area contributed by atoms with E-state index in [2.05, 4.69) is 19.2 Å². The molecule has 2 aromatic heterocycles. The second-order valence-corrected chi connectivity index (χ2v) is 9.62. The topological polar surface area (TPSA) is 55.3 Å². The van der Waals surface area contributed by atoms with E-state index in [1.54, 1.807) is 6.92 Å². The van der Waals surface area contributed by atoms with E-state index in [1.807, 2.05) is 24.3 Å². The van der Waals surface area contributed by atoms with Crippen LogP contribution in [0.5, 0.6) is 5.88 Å². The van der Waals surface area contributed by atoms with Gasteiger partial charge >= 0.3 is 6.18 Å². The molecule has 0 aliphatic carbocycles. The molecule has 1 aliphatic rings. The largest absolute Gasteiger partial charge is 0.475 e. The molecule has 3 aromatic rings. The van der Waals surface area contributed by atoms with Gasteiger partial charge in [-0.15, -0.1) is 20.6 Å². The first-order chi connectivity index (χ1) is 16.0. The monoisotopic (exact) mass is 515 g/mol. The normalized spacial score (nSPS) is 17.7. The minimum atomic E-state index is -4.58. The number of hydrogen-bond donors (Lipinski definition) is 0. The molecule has 2 unspecified atom stereocenters. The number of aromatic nitrogens is 2. The summed E-state index contributed by atoms with van der Waals surface area (Å²) >= 11 is 1.29. The lowest BCUT2D eigenvalue weighted by Gasteiger charge is -2.27. The number of benzene rings is 1. The molecule has 0 N–H and O–H groups in total. The number of alkyl halides is 5. The van der Waals surface area contributed by atoms with Crippen molar-refractivity contribution < 1.29 is 31.5 Å². The number of carbonyl (C=O) groups is 1. The predicted octanol–water partition coefficient (Wildman–Crippen LogP) is 4.96. The third-order valence-electron chi connectivity index (χ3n) is 5.37. The Morgan fingerprint density at radius 2 is 1.94 bits per heavy atom. The number of ether oxygens (including phenoxy) is 1. The Bertz CT molecular complexity index is 1180. The average molecular weight is 515 g/mol. The van der Waals surface area contributed by atoms with E-state index >= 15 is 0 Å². The first-order valence-electron chi connectivity index (χ1n) is 10.1. The van der Waals surface area contributed by atoms with Gasteiger partial charge in [-0.3, -0.25) is 4.79 Å². The van der Waals surface area contributed by atoms with Crippen LogP contribution in [0.1, 0.15) is 27.5 Å². The summed E-state index contributed by atoms with van der Waals surface area (Å²) in [5.41, 5.74) is -0.161. The van der Waals surface area contributed by atoms with E-state index in [1.165, 1.54) is 11.3 Å². The molecule has 5 nitrogen and oxygen atoms in total. The van der Waals surface area contributed by atoms with Gasteiger partial charge in [0, 0.05) is 25.2 Å². The number of pyridine rings is 1. The van der Waals surface area contributed by atoms with Crippen LogP contribution in [0, 0.1) is 6.92 Å². The highest BCUT2D eigenvalue weighted by Gasteiger charge is 2.52. The molecule has 180 valence electrons. The summed E-state index contributed by atoms with van der Waals surface area (Å²) in [4.78, 5) is 22.8. The van der Waals surface area contributed by atoms with Crippen molar-refractivity contribution in [3.8, 4) is 16.3 Å². The maximum atomic E-state index is 14.7. The van der Waals surface area contributed by atoms with Gasteiger partial charge in [-0.05, 0) is 23.9 Å². The number of nitrogens with zero attached hydrogens (tertiary/aromatic N) is 3. The zero-order chi connectivity index (χ0) is 24.7. The van der Waals surface area contributed by atoms with Gasteiger partial charge in [-0.1, -0.05) is 24.3 Å². The van der Waals surface area contributed by atoms with Gasteiger partial charge in [0.15, 0.2) is 0 Å². The number of likely N-dealkylation sites (tertiary alicyclic amines) is 1. The van der Waals surface area contributed by atoms with Crippen LogP contribution in [-0.4, -0.2) is 45.9 Å². The Balaban J connectivity index is 1.56. The quantitative estimate of drug-likeness (QED) is 0.356. The Labute approximate surface area is 198 Å². The van der Waals surface area contributed by atoms with Crippen LogP contribution < -0.4 is 10.0 Å². The number of halogens is 5. The summed E-state index contributed by atoms with van der Waals surface area (Å²) in [6.45, 7) is 0.891. The molecule has 12 heteroatoms. The second-order valence-electron chi connectivity index (χ2n) is 7.75. The first kappa shape index (κ1) is 24.5. The lowest BCUT2D eigenvalue weighted by molar-refractivity contribution is -0.137. The van der Waals surface area contributed by atoms with E-state index in [0.717, 1.165) is 27.9 Å². The van der Waals surface area contributed by atoms with Crippen LogP contribution in [0.3, 0.4) is 0 Å². The molecule has 1 fully saturated rings. The van der Waals surface area contributed by atoms with Crippen molar-refractivity contribution in [2.45, 2.75) is 31.5 Å². The number of rotatable bonds is 5. The van der Waals surface area contributed by atoms with Gasteiger partial charge in [0.05, 0.1) is 15.4 Å². The zero-order valence-electron chi connectivity index (χ0n) is 17.8. The first-order valence-corrected chi connectivity index (χ1v) is 11.5. The molecule has 2 atom stereocenters. The third kappa shape index (κ3) is 5.05. The lowest BCUT2D eigenvalue weighted by Crippen LogP contribution is -2.46. The third-order valence-corrected chi connectivity index (χ3v) is 6.78. The zero-order valence-corrected chi connectivity index (χ0v) is 19.7. The molecule has 0 bridgehead atoms. The maximum Gasteiger partial charge on any atom is 0.417 e. The van der Waals surface area contributed by atoms with E-state index < -0.39 is 42.6 Å². The van der Waals surface area contributed by atoms with Crippen molar-refractivity contribution in [2.24, 2.45) is 0 Å². The highest BCUT2D eigenvalue weighted by molar-refractivity contribution is 7.27. The average Bonchev–Trinajstić information content (AvgIpc) is 3.31. The Morgan fingerprint density at radius 1 is 1.24 bits per heavy atom. The molecular formula is C22H19F5N3O2PS. The van der Waals surface area contributed by atoms with E-state index in [9.17, 15) is 26.7 Å². The summed E-state index contributed by atoms with van der Waals surface area (Å²) in [5, 5.41) is 1.56. The Morgan fingerprint density at radius 3 is 2.56 bits per heavy atom. The fourth-order valence-electron chi connectivity index (χ4n) is 3.61. The second kappa shape index (κ2) is 9.19. The van der Waals surface area contributed by atoms with Crippen LogP contribution in [0.25, 0.3) is 10.4 Å². The number of hydrogen-bond acceptors (Lipinski definition) is 5. The van der Waals surface area contributed by atoms with Crippen LogP contribution >= 0.6 is 20.6 Å². The van der Waals surface area contributed by atoms with Gasteiger partial charge in [0.2, 0.25) is 5.88 Å². The van der Waals surface area contributed by atoms with E-state index in [0.29, 0.717) is 16.1 Å². The van der Waals surface area contributed by atoms with Gasteiger partial charge in [-0.25, -0.2) is 18.7 Å². The summed E-state index contributed by atoms with van der Waals surface area (Å²) in [7, 11) is 2.56. The standard InChI is InChI=1S/C22H19F5N3O2PS/c1-12-29-18(19(34-12)13-2-5-15(33)6-3-13)20(31)30-9-8-21(23,24)16(30)11-32-17-7-4-14(10-28-17)22(25,26)27/h2-7,10,16H,8-9,11,33H2,1H3. The van der Waals surface area contributed by atoms with Crippen molar-refractivity contribution in [2.75, 3.05) is 13.2 Å². The van der Waals surface area contributed by atoms with Crippen molar-refractivity contribution in [3.63, 3.8) is 0 Å². The molecule has 1 saturated heterocycles. The van der Waals surface area contributed by atoms with Gasteiger partial charge < -0.3 is 9.64 Å². The molecular weight excluding hydrogens is 496 g/mol. The Hall–Kier alpha value is -2.65. The minimum Gasteiger partial charge on any atom is -0.475 e. The van der Waals surface area contributed by atoms with E-state index in [-0.39, 0.29) is 18.1 Å². The number of aryl methyl sites for hydroxylation is 1. The maximum absolute atomic E-state index is 14.7. The molecule has 0 saturated carbocycles. The smallest absolute Gasteiger partial charge is 0.417 e.